The molecule has 0 radical (unpaired) electrons. The van der Waals surface area contributed by atoms with Crippen LogP contribution >= 0.6 is 0 Å². The molecule has 0 saturated carbocycles. The van der Waals surface area contributed by atoms with Crippen LogP contribution < -0.4 is 15.6 Å². The lowest BCUT2D eigenvalue weighted by Crippen LogP contribution is -2.50. The zero-order valence-electron chi connectivity index (χ0n) is 22.1. The quantitative estimate of drug-likeness (QED) is 0.319. The Morgan fingerprint density at radius 1 is 1.05 bits per heavy atom. The highest BCUT2D eigenvalue weighted by Gasteiger charge is 2.45. The molecule has 4 N–H and O–H groups in total. The van der Waals surface area contributed by atoms with Gasteiger partial charge in [-0.15, -0.1) is 0 Å². The van der Waals surface area contributed by atoms with E-state index in [9.17, 15) is 18.0 Å². The van der Waals surface area contributed by atoms with Crippen molar-refractivity contribution in [2.75, 3.05) is 7.11 Å². The number of amides is 1. The number of benzene rings is 2. The number of nitrogens with two attached hydrogens (primary N) is 2. The third-order valence-corrected chi connectivity index (χ3v) is 8.35. The van der Waals surface area contributed by atoms with Crippen molar-refractivity contribution >= 4 is 21.9 Å². The molecular formula is C28H38N2O6S. The van der Waals surface area contributed by atoms with E-state index < -0.39 is 27.1 Å². The summed E-state index contributed by atoms with van der Waals surface area (Å²) in [5.74, 6) is 0.558. The average Bonchev–Trinajstić information content (AvgIpc) is 3.28. The van der Waals surface area contributed by atoms with Gasteiger partial charge in [-0.3, -0.25) is 4.79 Å². The first kappa shape index (κ1) is 28.7. The summed E-state index contributed by atoms with van der Waals surface area (Å²) in [5, 5.41) is 5.43. The number of ketones is 1. The maximum Gasteiger partial charge on any atom is 0.405 e. The molecular weight excluding hydrogens is 492 g/mol. The summed E-state index contributed by atoms with van der Waals surface area (Å²) in [6, 6.07) is 10.8. The zero-order valence-corrected chi connectivity index (χ0v) is 22.9. The van der Waals surface area contributed by atoms with Crippen LogP contribution in [0.5, 0.6) is 5.75 Å². The highest BCUT2D eigenvalue weighted by atomic mass is 32.2. The van der Waals surface area contributed by atoms with Crippen molar-refractivity contribution in [3.63, 3.8) is 0 Å². The molecule has 8 nitrogen and oxygen atoms in total. The Labute approximate surface area is 219 Å². The lowest BCUT2D eigenvalue weighted by Gasteiger charge is -2.44. The van der Waals surface area contributed by atoms with E-state index in [1.807, 2.05) is 45.0 Å². The minimum absolute atomic E-state index is 0.0595. The molecule has 0 heterocycles. The largest absolute Gasteiger partial charge is 0.496 e. The van der Waals surface area contributed by atoms with Gasteiger partial charge in [-0.2, -0.15) is 0 Å². The van der Waals surface area contributed by atoms with E-state index in [0.717, 1.165) is 29.5 Å². The van der Waals surface area contributed by atoms with E-state index in [-0.39, 0.29) is 17.1 Å². The number of aryl methyl sites for hydroxylation is 1. The molecule has 37 heavy (non-hydrogen) atoms. The van der Waals surface area contributed by atoms with Crippen LogP contribution in [0, 0.1) is 5.41 Å². The number of carbonyl (C=O) groups excluding carboxylic acids is 2. The number of hydrogen-bond donors (Lipinski definition) is 2. The van der Waals surface area contributed by atoms with Crippen molar-refractivity contribution in [2.45, 2.75) is 82.6 Å². The van der Waals surface area contributed by atoms with E-state index in [1.165, 1.54) is 6.07 Å². The third kappa shape index (κ3) is 6.70. The number of unbranched alkanes of at least 4 members (excludes halogenated alkanes) is 1. The van der Waals surface area contributed by atoms with Crippen LogP contribution in [-0.4, -0.2) is 33.0 Å². The molecule has 0 fully saturated rings. The molecule has 1 atom stereocenters. The summed E-state index contributed by atoms with van der Waals surface area (Å²) in [7, 11) is -2.32. The van der Waals surface area contributed by atoms with E-state index in [2.05, 4.69) is 0 Å². The first-order valence-electron chi connectivity index (χ1n) is 12.6. The summed E-state index contributed by atoms with van der Waals surface area (Å²) in [6.07, 6.45) is 3.62. The summed E-state index contributed by atoms with van der Waals surface area (Å²) in [6.45, 7) is 5.99. The Morgan fingerprint density at radius 2 is 1.76 bits per heavy atom. The molecule has 0 aromatic heterocycles. The zero-order chi connectivity index (χ0) is 27.4. The maximum atomic E-state index is 13.0. The Bertz CT molecular complexity index is 1270. The normalized spacial score (nSPS) is 15.1. The van der Waals surface area contributed by atoms with Gasteiger partial charge in [-0.25, -0.2) is 18.4 Å². The van der Waals surface area contributed by atoms with Gasteiger partial charge in [0, 0.05) is 23.8 Å². The van der Waals surface area contributed by atoms with Crippen LogP contribution in [0.25, 0.3) is 0 Å². The molecule has 1 amide bonds. The SMILES string of the molecule is COc1ccccc1CC(CCCCC(=O)c1cc2c(c(S(N)(=O)=O)c1)CCC2)(OC(N)=O)C(C)(C)C. The van der Waals surface area contributed by atoms with Gasteiger partial charge < -0.3 is 15.2 Å². The minimum Gasteiger partial charge on any atom is -0.496 e. The van der Waals surface area contributed by atoms with Crippen LogP contribution in [-0.2, 0) is 34.0 Å². The number of primary sulfonamides is 1. The molecule has 0 bridgehead atoms. The number of hydrogen-bond acceptors (Lipinski definition) is 6. The molecule has 202 valence electrons. The van der Waals surface area contributed by atoms with Gasteiger partial charge in [0.1, 0.15) is 11.4 Å². The number of rotatable bonds is 11. The number of Topliss-reactive ketones (excluding diaryl/α,β-unsaturated/α-hetero) is 1. The minimum atomic E-state index is -3.91. The lowest BCUT2D eigenvalue weighted by molar-refractivity contribution is -0.0724. The summed E-state index contributed by atoms with van der Waals surface area (Å²) in [4.78, 5) is 25.1. The van der Waals surface area contributed by atoms with Crippen molar-refractivity contribution in [2.24, 2.45) is 16.3 Å². The first-order chi connectivity index (χ1) is 17.3. The molecule has 1 aliphatic rings. The van der Waals surface area contributed by atoms with Crippen LogP contribution in [0.15, 0.2) is 41.3 Å². The molecule has 3 rings (SSSR count). The van der Waals surface area contributed by atoms with Crippen LogP contribution in [0.2, 0.25) is 0 Å². The van der Waals surface area contributed by atoms with Gasteiger partial charge in [-0.05, 0) is 73.4 Å². The first-order valence-corrected chi connectivity index (χ1v) is 14.1. The number of methoxy groups -OCH3 is 1. The van der Waals surface area contributed by atoms with Gasteiger partial charge >= 0.3 is 6.09 Å². The van der Waals surface area contributed by atoms with Crippen molar-refractivity contribution in [1.29, 1.82) is 0 Å². The Balaban J connectivity index is 1.77. The highest BCUT2D eigenvalue weighted by Crippen LogP contribution is 2.42. The van der Waals surface area contributed by atoms with Crippen molar-refractivity contribution in [3.8, 4) is 5.75 Å². The van der Waals surface area contributed by atoms with Crippen molar-refractivity contribution in [3.05, 3.63) is 58.7 Å². The molecule has 2 aromatic rings. The van der Waals surface area contributed by atoms with Crippen LogP contribution in [0.4, 0.5) is 4.79 Å². The number of ether oxygens (including phenoxy) is 2. The summed E-state index contributed by atoms with van der Waals surface area (Å²) in [5.41, 5.74) is 7.01. The monoisotopic (exact) mass is 530 g/mol. The van der Waals surface area contributed by atoms with Gasteiger partial charge in [0.25, 0.3) is 0 Å². The molecule has 0 aliphatic heterocycles. The lowest BCUT2D eigenvalue weighted by atomic mass is 9.70. The fourth-order valence-corrected chi connectivity index (χ4v) is 6.11. The molecule has 0 spiro atoms. The van der Waals surface area contributed by atoms with Gasteiger partial charge in [0.2, 0.25) is 10.0 Å². The summed E-state index contributed by atoms with van der Waals surface area (Å²) < 4.78 is 35.6. The van der Waals surface area contributed by atoms with Gasteiger partial charge in [0.05, 0.1) is 12.0 Å². The topological polar surface area (TPSA) is 139 Å². The van der Waals surface area contributed by atoms with Crippen LogP contribution in [0.1, 0.15) is 79.9 Å². The van der Waals surface area contributed by atoms with Gasteiger partial charge in [0.15, 0.2) is 5.78 Å². The molecule has 1 unspecified atom stereocenters. The molecule has 2 aromatic carbocycles. The second-order valence-electron chi connectivity index (χ2n) is 10.8. The second-order valence-corrected chi connectivity index (χ2v) is 12.3. The van der Waals surface area contributed by atoms with E-state index in [1.54, 1.807) is 13.2 Å². The number of sulfonamides is 1. The molecule has 0 saturated heterocycles. The molecule has 1 aliphatic carbocycles. The number of fused-ring (bicyclic) bond motifs is 1. The van der Waals surface area contributed by atoms with E-state index in [0.29, 0.717) is 43.4 Å². The van der Waals surface area contributed by atoms with Crippen LogP contribution in [0.3, 0.4) is 0 Å². The van der Waals surface area contributed by atoms with Crippen molar-refractivity contribution < 1.29 is 27.5 Å². The van der Waals surface area contributed by atoms with E-state index >= 15 is 0 Å². The Kier molecular flexibility index (Phi) is 8.70. The number of primary amides is 1. The fourth-order valence-electron chi connectivity index (χ4n) is 5.24. The Hall–Kier alpha value is -2.91. The number of carbonyl (C=O) groups is 2. The second kappa shape index (κ2) is 11.2. The smallest absolute Gasteiger partial charge is 0.405 e. The third-order valence-electron chi connectivity index (χ3n) is 7.37. The maximum absolute atomic E-state index is 13.0. The standard InChI is InChI=1S/C28H38N2O6S/c1-27(2,3)28(36-26(29)32,18-20-10-5-6-14-24(20)35-4)15-8-7-13-23(31)21-16-19-11-9-12-22(19)25(17-21)37(30,33)34/h5-6,10,14,16-17H,7-9,11-13,15,18H2,1-4H3,(H2,29,32)(H2,30,33,34). The number of para-hydroxylation sites is 1. The molecule has 9 heteroatoms. The van der Waals surface area contributed by atoms with E-state index in [4.69, 9.17) is 20.3 Å². The van der Waals surface area contributed by atoms with Crippen molar-refractivity contribution in [1.82, 2.24) is 0 Å². The highest BCUT2D eigenvalue weighted by molar-refractivity contribution is 7.89. The fraction of sp³-hybridized carbons (Fsp3) is 0.500. The van der Waals surface area contributed by atoms with Gasteiger partial charge in [-0.1, -0.05) is 39.0 Å². The predicted molar refractivity (Wildman–Crippen MR) is 142 cm³/mol. The summed E-state index contributed by atoms with van der Waals surface area (Å²) >= 11 is 0. The Morgan fingerprint density at radius 3 is 2.38 bits per heavy atom. The average molecular weight is 531 g/mol. The predicted octanol–water partition coefficient (Wildman–Crippen LogP) is 4.70.